The molecule has 2 aromatic rings. The summed E-state index contributed by atoms with van der Waals surface area (Å²) in [4.78, 5) is 26.2. The summed E-state index contributed by atoms with van der Waals surface area (Å²) in [5, 5.41) is 2.75. The highest BCUT2D eigenvalue weighted by Gasteiger charge is 2.27. The van der Waals surface area contributed by atoms with E-state index >= 15 is 0 Å². The van der Waals surface area contributed by atoms with E-state index in [1.165, 1.54) is 40.5 Å². The molecule has 0 spiro atoms. The van der Waals surface area contributed by atoms with Gasteiger partial charge in [0, 0.05) is 31.4 Å². The highest BCUT2D eigenvalue weighted by Crippen LogP contribution is 2.21. The topological polar surface area (TPSA) is 86.8 Å². The number of carbonyl (C=O) groups is 2. The molecular weight excluding hydrogens is 390 g/mol. The molecule has 154 valence electrons. The van der Waals surface area contributed by atoms with Crippen molar-refractivity contribution < 1.29 is 18.0 Å². The second-order valence-corrected chi connectivity index (χ2v) is 9.15. The largest absolute Gasteiger partial charge is 0.332 e. The van der Waals surface area contributed by atoms with Crippen molar-refractivity contribution in [3.05, 3.63) is 59.7 Å². The van der Waals surface area contributed by atoms with Gasteiger partial charge in [-0.3, -0.25) is 9.59 Å². The van der Waals surface area contributed by atoms with Gasteiger partial charge in [-0.25, -0.2) is 8.42 Å². The number of hydrogen-bond donors (Lipinski definition) is 1. The van der Waals surface area contributed by atoms with Gasteiger partial charge >= 0.3 is 0 Å². The lowest BCUT2D eigenvalue weighted by Gasteiger charge is -2.18. The van der Waals surface area contributed by atoms with Gasteiger partial charge in [0.15, 0.2) is 0 Å². The number of amides is 2. The Morgan fingerprint density at radius 3 is 2.17 bits per heavy atom. The van der Waals surface area contributed by atoms with Crippen LogP contribution in [0.2, 0.25) is 0 Å². The van der Waals surface area contributed by atoms with E-state index in [9.17, 15) is 18.0 Å². The molecule has 2 aromatic carbocycles. The van der Waals surface area contributed by atoms with Crippen LogP contribution in [0.5, 0.6) is 0 Å². The van der Waals surface area contributed by atoms with Gasteiger partial charge in [0.05, 0.1) is 11.4 Å². The monoisotopic (exact) mass is 415 g/mol. The third kappa shape index (κ3) is 5.02. The molecular formula is C21H25N3O4S. The van der Waals surface area contributed by atoms with E-state index in [-0.39, 0.29) is 23.3 Å². The van der Waals surface area contributed by atoms with Crippen LogP contribution >= 0.6 is 0 Å². The number of aryl methyl sites for hydroxylation is 1. The van der Waals surface area contributed by atoms with E-state index in [0.29, 0.717) is 24.3 Å². The van der Waals surface area contributed by atoms with Crippen LogP contribution in [0.1, 0.15) is 28.8 Å². The second kappa shape index (κ2) is 8.75. The predicted octanol–water partition coefficient (Wildman–Crippen LogP) is 2.49. The Kier molecular flexibility index (Phi) is 6.34. The zero-order chi connectivity index (χ0) is 21.0. The number of anilines is 1. The average molecular weight is 416 g/mol. The zero-order valence-electron chi connectivity index (χ0n) is 16.6. The molecule has 3 rings (SSSR count). The number of benzene rings is 2. The van der Waals surface area contributed by atoms with Crippen LogP contribution in [0.15, 0.2) is 53.4 Å². The number of hydrogen-bond acceptors (Lipinski definition) is 4. The van der Waals surface area contributed by atoms with Crippen LogP contribution in [-0.4, -0.2) is 56.1 Å². The summed E-state index contributed by atoms with van der Waals surface area (Å²) in [5.41, 5.74) is 2.08. The van der Waals surface area contributed by atoms with Gasteiger partial charge in [-0.05, 0) is 56.2 Å². The van der Waals surface area contributed by atoms with Crippen LogP contribution in [0.4, 0.5) is 5.69 Å². The number of nitrogens with zero attached hydrogens (tertiary/aromatic N) is 2. The summed E-state index contributed by atoms with van der Waals surface area (Å²) in [6.45, 7) is 2.91. The Labute approximate surface area is 171 Å². The molecule has 1 aliphatic heterocycles. The summed E-state index contributed by atoms with van der Waals surface area (Å²) >= 11 is 0. The molecule has 7 nitrogen and oxygen atoms in total. The van der Waals surface area contributed by atoms with Gasteiger partial charge < -0.3 is 10.2 Å². The Morgan fingerprint density at radius 2 is 1.59 bits per heavy atom. The van der Waals surface area contributed by atoms with Gasteiger partial charge in [0.2, 0.25) is 15.9 Å². The second-order valence-electron chi connectivity index (χ2n) is 7.21. The maximum atomic E-state index is 12.6. The summed E-state index contributed by atoms with van der Waals surface area (Å²) in [6.07, 6.45) is 1.73. The molecule has 1 N–H and O–H groups in total. The van der Waals surface area contributed by atoms with E-state index in [0.717, 1.165) is 18.4 Å². The van der Waals surface area contributed by atoms with Gasteiger partial charge in [-0.15, -0.1) is 0 Å². The molecule has 0 unspecified atom stereocenters. The fraction of sp³-hybridized carbons (Fsp3) is 0.333. The first kappa shape index (κ1) is 21.0. The highest BCUT2D eigenvalue weighted by atomic mass is 32.2. The summed E-state index contributed by atoms with van der Waals surface area (Å²) < 4.78 is 26.6. The van der Waals surface area contributed by atoms with Crippen molar-refractivity contribution in [2.24, 2.45) is 0 Å². The number of rotatable bonds is 6. The number of sulfonamides is 1. The van der Waals surface area contributed by atoms with Crippen molar-refractivity contribution in [1.82, 2.24) is 9.21 Å². The van der Waals surface area contributed by atoms with Crippen LogP contribution in [0, 0.1) is 6.92 Å². The standard InChI is InChI=1S/C21H25N3O4S/c1-16-5-9-18(10-6-16)22-20(25)15-23(2)21(26)17-7-11-19(12-8-17)29(27,28)24-13-3-4-14-24/h5-12H,3-4,13-15H2,1-2H3,(H,22,25). The molecule has 0 atom stereocenters. The molecule has 0 radical (unpaired) electrons. The smallest absolute Gasteiger partial charge is 0.254 e. The highest BCUT2D eigenvalue weighted by molar-refractivity contribution is 7.89. The lowest BCUT2D eigenvalue weighted by atomic mass is 10.2. The summed E-state index contributed by atoms with van der Waals surface area (Å²) in [7, 11) is -1.98. The zero-order valence-corrected chi connectivity index (χ0v) is 17.4. The van der Waals surface area contributed by atoms with Crippen molar-refractivity contribution in [3.8, 4) is 0 Å². The van der Waals surface area contributed by atoms with Crippen LogP contribution in [-0.2, 0) is 14.8 Å². The Balaban J connectivity index is 1.62. The van der Waals surface area contributed by atoms with Gasteiger partial charge in [-0.1, -0.05) is 17.7 Å². The third-order valence-corrected chi connectivity index (χ3v) is 6.78. The molecule has 1 aliphatic rings. The first-order valence-electron chi connectivity index (χ1n) is 9.49. The number of likely N-dealkylation sites (N-methyl/N-ethyl adjacent to an activating group) is 1. The van der Waals surface area contributed by atoms with Crippen LogP contribution in [0.3, 0.4) is 0 Å². The van der Waals surface area contributed by atoms with Crippen LogP contribution < -0.4 is 5.32 Å². The summed E-state index contributed by atoms with van der Waals surface area (Å²) in [5.74, 6) is -0.660. The molecule has 0 aromatic heterocycles. The number of carbonyl (C=O) groups excluding carboxylic acids is 2. The van der Waals surface area contributed by atoms with Gasteiger partial charge in [0.25, 0.3) is 5.91 Å². The first-order valence-corrected chi connectivity index (χ1v) is 10.9. The molecule has 8 heteroatoms. The predicted molar refractivity (Wildman–Crippen MR) is 111 cm³/mol. The Morgan fingerprint density at radius 1 is 1.00 bits per heavy atom. The quantitative estimate of drug-likeness (QED) is 0.785. The molecule has 29 heavy (non-hydrogen) atoms. The lowest BCUT2D eigenvalue weighted by molar-refractivity contribution is -0.116. The average Bonchev–Trinajstić information content (AvgIpc) is 3.25. The fourth-order valence-electron chi connectivity index (χ4n) is 3.19. The minimum Gasteiger partial charge on any atom is -0.332 e. The van der Waals surface area contributed by atoms with E-state index in [1.54, 1.807) is 12.1 Å². The number of nitrogens with one attached hydrogen (secondary N) is 1. The molecule has 1 fully saturated rings. The summed E-state index contributed by atoms with van der Waals surface area (Å²) in [6, 6.07) is 13.2. The molecule has 1 saturated heterocycles. The maximum absolute atomic E-state index is 12.6. The Hall–Kier alpha value is -2.71. The van der Waals surface area contributed by atoms with Crippen molar-refractivity contribution in [2.45, 2.75) is 24.7 Å². The molecule has 1 heterocycles. The van der Waals surface area contributed by atoms with Crippen molar-refractivity contribution in [2.75, 3.05) is 32.0 Å². The minimum atomic E-state index is -3.51. The molecule has 0 bridgehead atoms. The van der Waals surface area contributed by atoms with E-state index in [4.69, 9.17) is 0 Å². The van der Waals surface area contributed by atoms with E-state index in [1.807, 2.05) is 19.1 Å². The van der Waals surface area contributed by atoms with E-state index < -0.39 is 10.0 Å². The maximum Gasteiger partial charge on any atom is 0.254 e. The van der Waals surface area contributed by atoms with Gasteiger partial charge in [-0.2, -0.15) is 4.31 Å². The van der Waals surface area contributed by atoms with E-state index in [2.05, 4.69) is 5.32 Å². The Bertz CT molecular complexity index is 980. The SMILES string of the molecule is Cc1ccc(NC(=O)CN(C)C(=O)c2ccc(S(=O)(=O)N3CCCC3)cc2)cc1. The first-order chi connectivity index (χ1) is 13.8. The van der Waals surface area contributed by atoms with Crippen molar-refractivity contribution >= 4 is 27.5 Å². The van der Waals surface area contributed by atoms with Crippen LogP contribution in [0.25, 0.3) is 0 Å². The molecule has 0 aliphatic carbocycles. The van der Waals surface area contributed by atoms with Gasteiger partial charge in [0.1, 0.15) is 0 Å². The molecule has 0 saturated carbocycles. The third-order valence-electron chi connectivity index (χ3n) is 4.87. The minimum absolute atomic E-state index is 0.111. The fourth-order valence-corrected chi connectivity index (χ4v) is 4.71. The normalized spacial score (nSPS) is 14.6. The van der Waals surface area contributed by atoms with Crippen molar-refractivity contribution in [3.63, 3.8) is 0 Å². The lowest BCUT2D eigenvalue weighted by Crippen LogP contribution is -2.35. The van der Waals surface area contributed by atoms with Crippen molar-refractivity contribution in [1.29, 1.82) is 0 Å². The molecule has 2 amide bonds.